The SMILES string of the molecule is CCCCCCCCCC(=O)N[C@@H](CC(C)C)C(=O)N[C@H](C(=O)N1CCC[C@H]1C(=O)N[C@H](C(=O)N[C@@H](C)C(=O)N[C@@H](CC(N)=O)C(=O)NC(C)C(=O)C(=O)NCCC(=O)N[C@@H](CC(=O)O)C(=O)O)[C@@H](C)O)[C@@H](C)O. The van der Waals surface area contributed by atoms with Crippen LogP contribution in [0.3, 0.4) is 0 Å². The lowest BCUT2D eigenvalue weighted by Crippen LogP contribution is -2.62. The number of aliphatic carboxylic acids is 2. The molecule has 27 heteroatoms. The summed E-state index contributed by atoms with van der Waals surface area (Å²) in [6.45, 7) is 9.99. The van der Waals surface area contributed by atoms with E-state index in [2.05, 4.69) is 44.1 Å². The number of carbonyl (C=O) groups excluding carboxylic acids is 11. The number of nitrogens with one attached hydrogen (secondary N) is 8. The molecule has 1 unspecified atom stereocenters. The van der Waals surface area contributed by atoms with Gasteiger partial charge in [-0.3, -0.25) is 57.5 Å². The monoisotopic (exact) mass is 1050 g/mol. The zero-order chi connectivity index (χ0) is 56.4. The summed E-state index contributed by atoms with van der Waals surface area (Å²) in [6.07, 6.45) is 2.43. The summed E-state index contributed by atoms with van der Waals surface area (Å²) in [5.74, 6) is -13.9. The maximum absolute atomic E-state index is 14.0. The number of hydrogen-bond donors (Lipinski definition) is 13. The van der Waals surface area contributed by atoms with Crippen molar-refractivity contribution >= 4 is 76.8 Å². The van der Waals surface area contributed by atoms with E-state index in [-0.39, 0.29) is 37.6 Å². The fourth-order valence-corrected chi connectivity index (χ4v) is 7.66. The summed E-state index contributed by atoms with van der Waals surface area (Å²) in [7, 11) is 0. The molecule has 0 aromatic heterocycles. The van der Waals surface area contributed by atoms with Crippen LogP contribution in [0.5, 0.6) is 0 Å². The standard InChI is InChI=1S/C47H78N10O17/c1-8-9-10-11-12-13-14-17-34(61)52-29(21-24(2)3)42(68)56-38(28(7)59)46(72)57-20-15-16-32(57)43(69)55-37(27(6)58)44(70)51-26(5)40(66)54-30(22-33(48)60)41(67)50-25(4)39(65)45(71)49-19-18-35(62)53-31(47(73)74)23-36(63)64/h24-32,37-38,58-59H,8-23H2,1-7H3,(H2,48,60)(H,49,71)(H,50,67)(H,51,70)(H,52,61)(H,53,62)(H,54,66)(H,55,69)(H,56,68)(H,63,64)(H,73,74)/t25?,26-,27+,28+,29-,30-,31-,32-,37-,38-/m0/s1. The minimum absolute atomic E-state index is 0.0142. The predicted molar refractivity (Wildman–Crippen MR) is 261 cm³/mol. The number of hydrogen-bond acceptors (Lipinski definition) is 15. The Morgan fingerprint density at radius 2 is 1.15 bits per heavy atom. The first-order valence-electron chi connectivity index (χ1n) is 24.9. The number of rotatable bonds is 35. The first-order chi connectivity index (χ1) is 34.6. The van der Waals surface area contributed by atoms with E-state index in [4.69, 9.17) is 15.9 Å². The molecule has 418 valence electrons. The Bertz CT molecular complexity index is 2000. The second kappa shape index (κ2) is 33.1. The summed E-state index contributed by atoms with van der Waals surface area (Å²) in [5, 5.41) is 57.5. The second-order valence-electron chi connectivity index (χ2n) is 18.9. The highest BCUT2D eigenvalue weighted by Gasteiger charge is 2.42. The molecule has 1 aliphatic rings. The van der Waals surface area contributed by atoms with Crippen LogP contribution in [0.15, 0.2) is 0 Å². The quantitative estimate of drug-likeness (QED) is 0.0220. The summed E-state index contributed by atoms with van der Waals surface area (Å²) in [6, 6.07) is -12.2. The number of likely N-dealkylation sites (tertiary alicyclic amines) is 1. The molecule has 0 saturated carbocycles. The molecular weight excluding hydrogens is 977 g/mol. The minimum atomic E-state index is -1.78. The maximum atomic E-state index is 14.0. The van der Waals surface area contributed by atoms with Crippen molar-refractivity contribution in [3.05, 3.63) is 0 Å². The van der Waals surface area contributed by atoms with E-state index < -0.39 is 157 Å². The van der Waals surface area contributed by atoms with E-state index in [0.717, 1.165) is 64.2 Å². The fourth-order valence-electron chi connectivity index (χ4n) is 7.66. The van der Waals surface area contributed by atoms with Gasteiger partial charge in [0.2, 0.25) is 58.9 Å². The molecule has 1 saturated heterocycles. The molecule has 0 aromatic carbocycles. The molecule has 0 aliphatic carbocycles. The number of ketones is 1. The van der Waals surface area contributed by atoms with Crippen LogP contribution in [0.2, 0.25) is 0 Å². The molecule has 74 heavy (non-hydrogen) atoms. The molecule has 0 bridgehead atoms. The van der Waals surface area contributed by atoms with Gasteiger partial charge in [0.05, 0.1) is 31.1 Å². The predicted octanol–water partition coefficient (Wildman–Crippen LogP) is -3.13. The third-order valence-electron chi connectivity index (χ3n) is 11.7. The molecule has 14 N–H and O–H groups in total. The van der Waals surface area contributed by atoms with E-state index in [1.807, 2.05) is 19.2 Å². The van der Waals surface area contributed by atoms with Gasteiger partial charge in [-0.05, 0) is 59.3 Å². The number of nitrogens with two attached hydrogens (primary N) is 1. The lowest BCUT2D eigenvalue weighted by atomic mass is 10.0. The summed E-state index contributed by atoms with van der Waals surface area (Å²) in [5.41, 5.74) is 5.27. The Morgan fingerprint density at radius 1 is 0.595 bits per heavy atom. The lowest BCUT2D eigenvalue weighted by Gasteiger charge is -2.32. The zero-order valence-electron chi connectivity index (χ0n) is 43.3. The molecule has 1 aliphatic heterocycles. The van der Waals surface area contributed by atoms with E-state index in [1.54, 1.807) is 0 Å². The van der Waals surface area contributed by atoms with Gasteiger partial charge in [0, 0.05) is 25.9 Å². The number of carbonyl (C=O) groups is 13. The average molecular weight is 1060 g/mol. The number of amides is 10. The van der Waals surface area contributed by atoms with Gasteiger partial charge in [-0.25, -0.2) is 4.79 Å². The largest absolute Gasteiger partial charge is 0.481 e. The van der Waals surface area contributed by atoms with Gasteiger partial charge in [0.15, 0.2) is 0 Å². The van der Waals surface area contributed by atoms with Crippen LogP contribution in [0.25, 0.3) is 0 Å². The topological polar surface area (TPSA) is 428 Å². The van der Waals surface area contributed by atoms with Crippen molar-refractivity contribution in [3.8, 4) is 0 Å². The van der Waals surface area contributed by atoms with E-state index in [0.29, 0.717) is 12.8 Å². The summed E-state index contributed by atoms with van der Waals surface area (Å²) >= 11 is 0. The van der Waals surface area contributed by atoms with Crippen LogP contribution in [0, 0.1) is 5.92 Å². The van der Waals surface area contributed by atoms with Gasteiger partial charge in [-0.1, -0.05) is 59.3 Å². The van der Waals surface area contributed by atoms with Crippen molar-refractivity contribution in [1.29, 1.82) is 0 Å². The number of carboxylic acids is 2. The van der Waals surface area contributed by atoms with E-state index in [9.17, 15) is 72.5 Å². The molecule has 0 spiro atoms. The average Bonchev–Trinajstić information content (AvgIpc) is 3.80. The third kappa shape index (κ3) is 23.8. The van der Waals surface area contributed by atoms with E-state index in [1.165, 1.54) is 6.92 Å². The Labute approximate surface area is 429 Å². The number of unbranched alkanes of at least 4 members (excludes halogenated alkanes) is 6. The van der Waals surface area contributed by atoms with Gasteiger partial charge < -0.3 is 73.6 Å². The van der Waals surface area contributed by atoms with Crippen molar-refractivity contribution in [2.45, 2.75) is 199 Å². The highest BCUT2D eigenvalue weighted by molar-refractivity contribution is 6.38. The number of Topliss-reactive ketones (excluding diaryl/α,β-unsaturated/α-hetero) is 1. The van der Waals surface area contributed by atoms with Crippen molar-refractivity contribution in [1.82, 2.24) is 47.4 Å². The molecule has 27 nitrogen and oxygen atoms in total. The highest BCUT2D eigenvalue weighted by atomic mass is 16.4. The Kier molecular flexibility index (Phi) is 29.2. The second-order valence-corrected chi connectivity index (χ2v) is 18.9. The first kappa shape index (κ1) is 65.2. The Hall–Kier alpha value is -6.77. The first-order valence-corrected chi connectivity index (χ1v) is 24.9. The molecule has 10 amide bonds. The molecular formula is C47H78N10O17. The smallest absolute Gasteiger partial charge is 0.326 e. The molecule has 1 rings (SSSR count). The molecule has 1 heterocycles. The molecule has 1 fully saturated rings. The molecule has 10 atom stereocenters. The number of carboxylic acid groups (broad SMARTS) is 2. The Balaban J connectivity index is 2.98. The molecule has 0 radical (unpaired) electrons. The lowest BCUT2D eigenvalue weighted by molar-refractivity contribution is -0.147. The van der Waals surface area contributed by atoms with Gasteiger partial charge in [0.25, 0.3) is 5.91 Å². The van der Waals surface area contributed by atoms with Gasteiger partial charge in [-0.15, -0.1) is 0 Å². The summed E-state index contributed by atoms with van der Waals surface area (Å²) in [4.78, 5) is 166. The molecule has 0 aromatic rings. The van der Waals surface area contributed by atoms with E-state index >= 15 is 0 Å². The van der Waals surface area contributed by atoms with Crippen molar-refractivity contribution in [2.24, 2.45) is 11.7 Å². The normalized spacial score (nSPS) is 16.8. The van der Waals surface area contributed by atoms with Crippen LogP contribution in [-0.2, 0) is 62.3 Å². The maximum Gasteiger partial charge on any atom is 0.326 e. The number of nitrogens with zero attached hydrogens (tertiary/aromatic N) is 1. The van der Waals surface area contributed by atoms with Crippen LogP contribution >= 0.6 is 0 Å². The van der Waals surface area contributed by atoms with Gasteiger partial charge in [-0.2, -0.15) is 0 Å². The Morgan fingerprint density at radius 3 is 1.70 bits per heavy atom. The number of aliphatic hydroxyl groups is 2. The van der Waals surface area contributed by atoms with Crippen molar-refractivity contribution in [3.63, 3.8) is 0 Å². The fraction of sp³-hybridized carbons (Fsp3) is 0.723. The van der Waals surface area contributed by atoms with Crippen LogP contribution in [-0.4, -0.2) is 176 Å². The van der Waals surface area contributed by atoms with Gasteiger partial charge >= 0.3 is 11.9 Å². The summed E-state index contributed by atoms with van der Waals surface area (Å²) < 4.78 is 0. The highest BCUT2D eigenvalue weighted by Crippen LogP contribution is 2.20. The number of primary amides is 1. The van der Waals surface area contributed by atoms with Crippen LogP contribution < -0.4 is 48.3 Å². The van der Waals surface area contributed by atoms with Crippen molar-refractivity contribution in [2.75, 3.05) is 13.1 Å². The third-order valence-corrected chi connectivity index (χ3v) is 11.7. The van der Waals surface area contributed by atoms with Gasteiger partial charge in [0.1, 0.15) is 42.3 Å². The van der Waals surface area contributed by atoms with Crippen molar-refractivity contribution < 1.29 is 82.8 Å². The van der Waals surface area contributed by atoms with Crippen LogP contribution in [0.1, 0.15) is 138 Å². The number of aliphatic hydroxyl groups excluding tert-OH is 2. The van der Waals surface area contributed by atoms with Crippen LogP contribution in [0.4, 0.5) is 0 Å². The minimum Gasteiger partial charge on any atom is -0.481 e. The zero-order valence-corrected chi connectivity index (χ0v) is 43.3.